The number of esters is 1. The van der Waals surface area contributed by atoms with Crippen LogP contribution in [0, 0.1) is 0 Å². The minimum atomic E-state index is -1.87. The van der Waals surface area contributed by atoms with Crippen LogP contribution in [0.4, 0.5) is 0 Å². The number of nitrogens with two attached hydrogens (primary N) is 1. The van der Waals surface area contributed by atoms with Crippen LogP contribution in [-0.4, -0.2) is 27.9 Å². The maximum atomic E-state index is 11.8. The predicted molar refractivity (Wildman–Crippen MR) is 106 cm³/mol. The van der Waals surface area contributed by atoms with Gasteiger partial charge in [0.1, 0.15) is 0 Å². The number of carbonyl (C=O) groups is 1. The van der Waals surface area contributed by atoms with Crippen molar-refractivity contribution in [1.29, 1.82) is 0 Å². The summed E-state index contributed by atoms with van der Waals surface area (Å²) in [5, 5.41) is 0. The zero-order valence-electron chi connectivity index (χ0n) is 16.8. The maximum Gasteiger partial charge on any atom is 0.314 e. The first-order chi connectivity index (χ1) is 11.7. The summed E-state index contributed by atoms with van der Waals surface area (Å²) in [6.45, 7) is 14.6. The normalized spacial score (nSPS) is 13.6. The summed E-state index contributed by atoms with van der Waals surface area (Å²) in [4.78, 5) is 11.8. The van der Waals surface area contributed by atoms with Crippen molar-refractivity contribution in [1.82, 2.24) is 0 Å². The van der Waals surface area contributed by atoms with Crippen molar-refractivity contribution in [2.75, 3.05) is 13.7 Å². The van der Waals surface area contributed by atoms with Gasteiger partial charge >= 0.3 is 5.97 Å². The van der Waals surface area contributed by atoms with E-state index in [1.54, 1.807) is 0 Å². The second-order valence-electron chi connectivity index (χ2n) is 7.66. The summed E-state index contributed by atoms with van der Waals surface area (Å²) in [6.07, 6.45) is 0. The van der Waals surface area contributed by atoms with Crippen LogP contribution in [0.25, 0.3) is 0 Å². The van der Waals surface area contributed by atoms with E-state index in [4.69, 9.17) is 14.9 Å². The molecule has 0 fully saturated rings. The largest absolute Gasteiger partial charge is 0.469 e. The van der Waals surface area contributed by atoms with E-state index in [9.17, 15) is 4.79 Å². The van der Waals surface area contributed by atoms with Crippen LogP contribution in [0.1, 0.15) is 58.6 Å². The summed E-state index contributed by atoms with van der Waals surface area (Å²) in [6, 6.07) is 7.97. The van der Waals surface area contributed by atoms with Gasteiger partial charge in [-0.2, -0.15) is 0 Å². The van der Waals surface area contributed by atoms with Crippen molar-refractivity contribution in [3.63, 3.8) is 0 Å². The minimum absolute atomic E-state index is 0.243. The molecule has 0 amide bonds. The van der Waals surface area contributed by atoms with Gasteiger partial charge in [-0.25, -0.2) is 0 Å². The van der Waals surface area contributed by atoms with Gasteiger partial charge in [0, 0.05) is 6.54 Å². The van der Waals surface area contributed by atoms with Crippen molar-refractivity contribution in [3.8, 4) is 0 Å². The number of hydrogen-bond donors (Lipinski definition) is 1. The number of rotatable bonds is 9. The van der Waals surface area contributed by atoms with Crippen LogP contribution in [0.5, 0.6) is 0 Å². The highest BCUT2D eigenvalue weighted by atomic mass is 28.4. The van der Waals surface area contributed by atoms with Gasteiger partial charge in [0.05, 0.1) is 19.6 Å². The predicted octanol–water partition coefficient (Wildman–Crippen LogP) is 4.59. The first kappa shape index (κ1) is 21.9. The molecule has 0 radical (unpaired) electrons. The van der Waals surface area contributed by atoms with Gasteiger partial charge in [-0.1, -0.05) is 65.8 Å². The standard InChI is InChI=1S/C20H35NO3Si/c1-14(2)25(15(3)4,16(5)6)24-13-17-8-10-18(11-9-17)19(12-21)20(22)23-7/h8-11,14-16,19H,12-13,21H2,1-7H3. The Morgan fingerprint density at radius 3 is 1.84 bits per heavy atom. The molecule has 0 saturated carbocycles. The fourth-order valence-electron chi connectivity index (χ4n) is 4.07. The van der Waals surface area contributed by atoms with E-state index in [0.29, 0.717) is 23.2 Å². The third kappa shape index (κ3) is 4.93. The molecule has 0 aliphatic rings. The SMILES string of the molecule is COC(=O)C(CN)c1ccc(CO[Si](C(C)C)(C(C)C)C(C)C)cc1. The second kappa shape index (κ2) is 9.50. The number of hydrogen-bond acceptors (Lipinski definition) is 4. The average molecular weight is 366 g/mol. The highest BCUT2D eigenvalue weighted by molar-refractivity contribution is 6.77. The Hall–Kier alpha value is -1.17. The Bertz CT molecular complexity index is 519. The third-order valence-electron chi connectivity index (χ3n) is 5.30. The monoisotopic (exact) mass is 365 g/mol. The average Bonchev–Trinajstić information content (AvgIpc) is 2.56. The molecule has 1 aromatic carbocycles. The van der Waals surface area contributed by atoms with E-state index >= 15 is 0 Å². The molecule has 1 atom stereocenters. The first-order valence-electron chi connectivity index (χ1n) is 9.21. The Labute approximate surface area is 154 Å². The molecule has 142 valence electrons. The van der Waals surface area contributed by atoms with Crippen LogP contribution < -0.4 is 5.73 Å². The van der Waals surface area contributed by atoms with E-state index < -0.39 is 14.2 Å². The summed E-state index contributed by atoms with van der Waals surface area (Å²) in [7, 11) is -0.480. The van der Waals surface area contributed by atoms with Gasteiger partial charge in [-0.3, -0.25) is 4.79 Å². The molecule has 25 heavy (non-hydrogen) atoms. The van der Waals surface area contributed by atoms with Gasteiger partial charge in [0.15, 0.2) is 0 Å². The maximum absolute atomic E-state index is 11.8. The van der Waals surface area contributed by atoms with Gasteiger partial charge in [0.25, 0.3) is 0 Å². The van der Waals surface area contributed by atoms with Gasteiger partial charge in [0.2, 0.25) is 8.32 Å². The van der Waals surface area contributed by atoms with Gasteiger partial charge < -0.3 is 14.9 Å². The summed E-state index contributed by atoms with van der Waals surface area (Å²) >= 11 is 0. The molecule has 5 heteroatoms. The van der Waals surface area contributed by atoms with Crippen molar-refractivity contribution in [2.24, 2.45) is 5.73 Å². The summed E-state index contributed by atoms with van der Waals surface area (Å²) in [5.74, 6) is -0.701. The fraction of sp³-hybridized carbons (Fsp3) is 0.650. The molecule has 0 bridgehead atoms. The lowest BCUT2D eigenvalue weighted by atomic mass is 9.98. The first-order valence-corrected chi connectivity index (χ1v) is 11.3. The summed E-state index contributed by atoms with van der Waals surface area (Å²) < 4.78 is 11.4. The van der Waals surface area contributed by atoms with Gasteiger partial charge in [-0.05, 0) is 27.8 Å². The number of ether oxygens (including phenoxy) is 1. The molecule has 0 spiro atoms. The third-order valence-corrected chi connectivity index (χ3v) is 11.4. The molecule has 0 heterocycles. The van der Waals surface area contributed by atoms with E-state index in [1.807, 2.05) is 24.3 Å². The quantitative estimate of drug-likeness (QED) is 0.513. The molecular formula is C20H35NO3Si. The van der Waals surface area contributed by atoms with Crippen molar-refractivity contribution < 1.29 is 14.0 Å². The molecule has 1 rings (SSSR count). The van der Waals surface area contributed by atoms with Gasteiger partial charge in [-0.15, -0.1) is 0 Å². The Balaban J connectivity index is 2.92. The molecule has 0 aromatic heterocycles. The van der Waals surface area contributed by atoms with Crippen molar-refractivity contribution in [2.45, 2.75) is 70.7 Å². The minimum Gasteiger partial charge on any atom is -0.469 e. The Morgan fingerprint density at radius 1 is 1.00 bits per heavy atom. The second-order valence-corrected chi connectivity index (χ2v) is 13.1. The Kier molecular flexibility index (Phi) is 8.31. The van der Waals surface area contributed by atoms with Crippen molar-refractivity contribution in [3.05, 3.63) is 35.4 Å². The van der Waals surface area contributed by atoms with Crippen LogP contribution in [0.2, 0.25) is 16.6 Å². The molecule has 0 saturated heterocycles. The van der Waals surface area contributed by atoms with Crippen LogP contribution >= 0.6 is 0 Å². The molecule has 1 aromatic rings. The topological polar surface area (TPSA) is 61.5 Å². The summed E-state index contributed by atoms with van der Waals surface area (Å²) in [5.41, 5.74) is 9.42. The Morgan fingerprint density at radius 2 is 1.48 bits per heavy atom. The van der Waals surface area contributed by atoms with E-state index in [2.05, 4.69) is 41.5 Å². The highest BCUT2D eigenvalue weighted by Gasteiger charge is 2.44. The molecule has 0 aliphatic heterocycles. The molecule has 4 nitrogen and oxygen atoms in total. The molecule has 0 aliphatic carbocycles. The van der Waals surface area contributed by atoms with E-state index in [1.165, 1.54) is 7.11 Å². The van der Waals surface area contributed by atoms with E-state index in [0.717, 1.165) is 11.1 Å². The lowest BCUT2D eigenvalue weighted by molar-refractivity contribution is -0.142. The zero-order valence-corrected chi connectivity index (χ0v) is 17.8. The van der Waals surface area contributed by atoms with Crippen molar-refractivity contribution >= 4 is 14.3 Å². The number of carbonyl (C=O) groups excluding carboxylic acids is 1. The molecule has 1 unspecified atom stereocenters. The van der Waals surface area contributed by atoms with Crippen LogP contribution in [0.3, 0.4) is 0 Å². The number of benzene rings is 1. The fourth-order valence-corrected chi connectivity index (χ4v) is 9.48. The molecule has 2 N–H and O–H groups in total. The van der Waals surface area contributed by atoms with E-state index in [-0.39, 0.29) is 12.5 Å². The highest BCUT2D eigenvalue weighted by Crippen LogP contribution is 2.42. The van der Waals surface area contributed by atoms with Crippen LogP contribution in [-0.2, 0) is 20.6 Å². The lowest BCUT2D eigenvalue weighted by Gasteiger charge is -2.42. The van der Waals surface area contributed by atoms with Crippen LogP contribution in [0.15, 0.2) is 24.3 Å². The molecular weight excluding hydrogens is 330 g/mol. The zero-order chi connectivity index (χ0) is 19.2. The number of methoxy groups -OCH3 is 1. The lowest BCUT2D eigenvalue weighted by Crippen LogP contribution is -2.47. The smallest absolute Gasteiger partial charge is 0.314 e.